The monoisotopic (exact) mass is 498 g/mol. The summed E-state index contributed by atoms with van der Waals surface area (Å²) in [5.74, 6) is 1.04. The maximum absolute atomic E-state index is 12.9. The van der Waals surface area contributed by atoms with E-state index in [2.05, 4.69) is 5.10 Å². The van der Waals surface area contributed by atoms with Crippen LogP contribution in [0.1, 0.15) is 55.3 Å². The smallest absolute Gasteiger partial charge is 0.246 e. The Kier molecular flexibility index (Phi) is 8.50. The summed E-state index contributed by atoms with van der Waals surface area (Å²) in [4.78, 5) is 29.6. The van der Waals surface area contributed by atoms with Crippen LogP contribution in [0.4, 0.5) is 0 Å². The lowest BCUT2D eigenvalue weighted by atomic mass is 9.95. The maximum atomic E-state index is 12.9. The van der Waals surface area contributed by atoms with Gasteiger partial charge in [-0.15, -0.1) is 0 Å². The summed E-state index contributed by atoms with van der Waals surface area (Å²) in [6.45, 7) is 5.37. The van der Waals surface area contributed by atoms with Gasteiger partial charge in [0, 0.05) is 43.7 Å². The molecule has 7 nitrogen and oxygen atoms in total. The predicted molar refractivity (Wildman–Crippen MR) is 137 cm³/mol. The Morgan fingerprint density at radius 1 is 1.09 bits per heavy atom. The first kappa shape index (κ1) is 25.3. The van der Waals surface area contributed by atoms with Gasteiger partial charge in [-0.3, -0.25) is 9.59 Å². The highest BCUT2D eigenvalue weighted by molar-refractivity contribution is 6.31. The van der Waals surface area contributed by atoms with Gasteiger partial charge in [0.05, 0.1) is 19.3 Å². The minimum absolute atomic E-state index is 0.0349. The third kappa shape index (κ3) is 6.26. The second-order valence-corrected chi connectivity index (χ2v) is 9.83. The van der Waals surface area contributed by atoms with E-state index in [0.29, 0.717) is 24.8 Å². The van der Waals surface area contributed by atoms with E-state index in [1.54, 1.807) is 23.9 Å². The van der Waals surface area contributed by atoms with Gasteiger partial charge in [0.25, 0.3) is 0 Å². The van der Waals surface area contributed by atoms with Gasteiger partial charge in [0.1, 0.15) is 10.9 Å². The normalized spacial score (nSPS) is 17.6. The number of rotatable bonds is 6. The third-order valence-corrected chi connectivity index (χ3v) is 7.44. The zero-order valence-electron chi connectivity index (χ0n) is 20.7. The van der Waals surface area contributed by atoms with Gasteiger partial charge in [-0.2, -0.15) is 5.10 Å². The molecule has 188 valence electrons. The molecule has 4 rings (SSSR count). The largest absolute Gasteiger partial charge is 0.497 e. The van der Waals surface area contributed by atoms with Crippen LogP contribution in [0.15, 0.2) is 30.3 Å². The Morgan fingerprint density at radius 3 is 2.49 bits per heavy atom. The van der Waals surface area contributed by atoms with E-state index in [0.717, 1.165) is 61.3 Å². The molecule has 0 atom stereocenters. The van der Waals surface area contributed by atoms with Gasteiger partial charge in [0.2, 0.25) is 11.8 Å². The number of methoxy groups -OCH3 is 1. The van der Waals surface area contributed by atoms with Crippen LogP contribution in [0.3, 0.4) is 0 Å². The van der Waals surface area contributed by atoms with Crippen LogP contribution in [0.25, 0.3) is 6.08 Å². The van der Waals surface area contributed by atoms with Crippen LogP contribution in [0.2, 0.25) is 5.15 Å². The second-order valence-electron chi connectivity index (χ2n) is 9.47. The molecule has 2 saturated heterocycles. The van der Waals surface area contributed by atoms with Crippen LogP contribution in [-0.2, 0) is 16.1 Å². The molecule has 1 aromatic heterocycles. The molecule has 2 aliphatic rings. The van der Waals surface area contributed by atoms with Crippen molar-refractivity contribution in [2.75, 3.05) is 33.3 Å². The van der Waals surface area contributed by atoms with Gasteiger partial charge in [-0.25, -0.2) is 4.68 Å². The second kappa shape index (κ2) is 11.8. The summed E-state index contributed by atoms with van der Waals surface area (Å²) < 4.78 is 7.02. The first-order chi connectivity index (χ1) is 17.0. The Morgan fingerprint density at radius 2 is 1.80 bits per heavy atom. The fourth-order valence-electron chi connectivity index (χ4n) is 4.96. The number of piperidine rings is 1. The molecule has 35 heavy (non-hydrogen) atoms. The molecule has 0 saturated carbocycles. The minimum Gasteiger partial charge on any atom is -0.497 e. The van der Waals surface area contributed by atoms with Gasteiger partial charge < -0.3 is 14.5 Å². The zero-order chi connectivity index (χ0) is 24.8. The lowest BCUT2D eigenvalue weighted by molar-refractivity contribution is -0.139. The van der Waals surface area contributed by atoms with Crippen molar-refractivity contribution in [3.63, 3.8) is 0 Å². The Bertz CT molecular complexity index is 1060. The fourth-order valence-corrected chi connectivity index (χ4v) is 5.26. The molecule has 2 fully saturated rings. The van der Waals surface area contributed by atoms with Crippen molar-refractivity contribution in [2.45, 2.75) is 52.0 Å². The fraction of sp³-hybridized carbons (Fsp3) is 0.519. The van der Waals surface area contributed by atoms with Gasteiger partial charge in [-0.1, -0.05) is 36.6 Å². The molecule has 1 aromatic carbocycles. The number of hydrogen-bond acceptors (Lipinski definition) is 4. The van der Waals surface area contributed by atoms with Crippen LogP contribution in [0.5, 0.6) is 5.75 Å². The highest BCUT2D eigenvalue weighted by Gasteiger charge is 2.30. The molecule has 0 bridgehead atoms. The predicted octanol–water partition coefficient (Wildman–Crippen LogP) is 4.56. The van der Waals surface area contributed by atoms with E-state index < -0.39 is 0 Å². The molecule has 0 N–H and O–H groups in total. The number of halogens is 1. The quantitative estimate of drug-likeness (QED) is 0.548. The van der Waals surface area contributed by atoms with E-state index in [4.69, 9.17) is 16.3 Å². The topological polar surface area (TPSA) is 67.7 Å². The average Bonchev–Trinajstić information content (AvgIpc) is 3.05. The zero-order valence-corrected chi connectivity index (χ0v) is 21.5. The SMILES string of the molecule is COc1cccc(Cn2nc(C)c(C=CC(=O)N3CCC(C(=O)N4CCCCCC4)CC3)c2Cl)c1. The van der Waals surface area contributed by atoms with Crippen molar-refractivity contribution < 1.29 is 14.3 Å². The summed E-state index contributed by atoms with van der Waals surface area (Å²) in [5, 5.41) is 5.05. The lowest BCUT2D eigenvalue weighted by Gasteiger charge is -2.33. The maximum Gasteiger partial charge on any atom is 0.246 e. The number of aryl methyl sites for hydroxylation is 1. The Labute approximate surface area is 212 Å². The number of amides is 2. The number of ether oxygens (including phenoxy) is 1. The number of likely N-dealkylation sites (tertiary alicyclic amines) is 2. The van der Waals surface area contributed by atoms with Crippen LogP contribution in [0, 0.1) is 12.8 Å². The van der Waals surface area contributed by atoms with E-state index in [1.807, 2.05) is 41.0 Å². The molecule has 2 aliphatic heterocycles. The first-order valence-corrected chi connectivity index (χ1v) is 13.0. The highest BCUT2D eigenvalue weighted by Crippen LogP contribution is 2.25. The number of benzene rings is 1. The molecular formula is C27H35ClN4O3. The van der Waals surface area contributed by atoms with Crippen molar-refractivity contribution in [1.82, 2.24) is 19.6 Å². The minimum atomic E-state index is -0.0540. The van der Waals surface area contributed by atoms with Crippen molar-refractivity contribution >= 4 is 29.5 Å². The standard InChI is InChI=1S/C27H35ClN4O3/c1-20-24(26(28)32(29-20)19-21-8-7-9-23(18-21)35-2)10-11-25(33)30-16-12-22(13-17-30)27(34)31-14-5-3-4-6-15-31/h7-11,18,22H,3-6,12-17,19H2,1-2H3. The summed E-state index contributed by atoms with van der Waals surface area (Å²) in [5.41, 5.74) is 2.54. The van der Waals surface area contributed by atoms with Gasteiger partial charge in [0.15, 0.2) is 0 Å². The van der Waals surface area contributed by atoms with Crippen molar-refractivity contribution in [1.29, 1.82) is 0 Å². The third-order valence-electron chi connectivity index (χ3n) is 7.04. The summed E-state index contributed by atoms with van der Waals surface area (Å²) in [6.07, 6.45) is 9.42. The van der Waals surface area contributed by atoms with Crippen molar-refractivity contribution in [3.8, 4) is 5.75 Å². The summed E-state index contributed by atoms with van der Waals surface area (Å²) >= 11 is 6.61. The van der Waals surface area contributed by atoms with Crippen molar-refractivity contribution in [2.24, 2.45) is 5.92 Å². The van der Waals surface area contributed by atoms with Gasteiger partial charge >= 0.3 is 0 Å². The van der Waals surface area contributed by atoms with Crippen LogP contribution in [-0.4, -0.2) is 64.7 Å². The number of carbonyl (C=O) groups excluding carboxylic acids is 2. The van der Waals surface area contributed by atoms with Crippen molar-refractivity contribution in [3.05, 3.63) is 52.3 Å². The molecular weight excluding hydrogens is 464 g/mol. The Hall–Kier alpha value is -2.80. The van der Waals surface area contributed by atoms with E-state index in [1.165, 1.54) is 12.8 Å². The molecule has 3 heterocycles. The van der Waals surface area contributed by atoms with Crippen LogP contribution < -0.4 is 4.74 Å². The van der Waals surface area contributed by atoms with Crippen LogP contribution >= 0.6 is 11.6 Å². The average molecular weight is 499 g/mol. The van der Waals surface area contributed by atoms with E-state index in [9.17, 15) is 9.59 Å². The molecule has 8 heteroatoms. The molecule has 2 aromatic rings. The van der Waals surface area contributed by atoms with E-state index in [-0.39, 0.29) is 17.7 Å². The molecule has 0 radical (unpaired) electrons. The molecule has 0 spiro atoms. The number of nitrogens with zero attached hydrogens (tertiary/aromatic N) is 4. The lowest BCUT2D eigenvalue weighted by Crippen LogP contribution is -2.44. The Balaban J connectivity index is 1.34. The molecule has 0 aliphatic carbocycles. The number of aromatic nitrogens is 2. The number of carbonyl (C=O) groups is 2. The molecule has 0 unspecified atom stereocenters. The molecule has 2 amide bonds. The first-order valence-electron chi connectivity index (χ1n) is 12.6. The van der Waals surface area contributed by atoms with E-state index >= 15 is 0 Å². The highest BCUT2D eigenvalue weighted by atomic mass is 35.5. The summed E-state index contributed by atoms with van der Waals surface area (Å²) in [7, 11) is 1.64. The summed E-state index contributed by atoms with van der Waals surface area (Å²) in [6, 6.07) is 7.78. The van der Waals surface area contributed by atoms with Gasteiger partial charge in [-0.05, 0) is 56.4 Å². The number of hydrogen-bond donors (Lipinski definition) is 0.